The zero-order chi connectivity index (χ0) is 11.0. The summed E-state index contributed by atoms with van der Waals surface area (Å²) in [4.78, 5) is 13.3. The first-order chi connectivity index (χ1) is 6.67. The van der Waals surface area contributed by atoms with E-state index in [1.807, 2.05) is 0 Å². The van der Waals surface area contributed by atoms with Crippen molar-refractivity contribution in [3.8, 4) is 0 Å². The summed E-state index contributed by atoms with van der Waals surface area (Å²) < 4.78 is 9.85. The lowest BCUT2D eigenvalue weighted by atomic mass is 10.3. The minimum Gasteiger partial charge on any atom is -0.383 e. The van der Waals surface area contributed by atoms with Crippen molar-refractivity contribution >= 4 is 5.91 Å². The number of carbonyl (C=O) groups is 1. The van der Waals surface area contributed by atoms with Gasteiger partial charge in [0.1, 0.15) is 6.10 Å². The number of methoxy groups -OCH3 is 2. The van der Waals surface area contributed by atoms with Crippen molar-refractivity contribution < 1.29 is 14.3 Å². The zero-order valence-electron chi connectivity index (χ0n) is 9.16. The normalized spacial score (nSPS) is 12.6. The molecule has 0 aromatic carbocycles. The molecule has 14 heavy (non-hydrogen) atoms. The van der Waals surface area contributed by atoms with Gasteiger partial charge in [0.2, 0.25) is 0 Å². The van der Waals surface area contributed by atoms with Crippen molar-refractivity contribution in [1.29, 1.82) is 0 Å². The minimum absolute atomic E-state index is 0.0463. The molecular formula is C9H20N2O3. The van der Waals surface area contributed by atoms with Crippen LogP contribution < -0.4 is 5.73 Å². The largest absolute Gasteiger partial charge is 0.383 e. The first-order valence-corrected chi connectivity index (χ1v) is 4.68. The van der Waals surface area contributed by atoms with Crippen molar-refractivity contribution in [2.45, 2.75) is 13.0 Å². The second-order valence-corrected chi connectivity index (χ2v) is 2.98. The van der Waals surface area contributed by atoms with Gasteiger partial charge in [-0.1, -0.05) is 0 Å². The molecule has 0 aliphatic carbocycles. The van der Waals surface area contributed by atoms with Crippen LogP contribution in [0, 0.1) is 0 Å². The van der Waals surface area contributed by atoms with Crippen molar-refractivity contribution in [3.05, 3.63) is 0 Å². The molecule has 1 atom stereocenters. The highest BCUT2D eigenvalue weighted by Gasteiger charge is 2.18. The molecule has 0 aromatic rings. The molecule has 0 saturated heterocycles. The summed E-state index contributed by atoms with van der Waals surface area (Å²) in [5.74, 6) is -0.0463. The standard InChI is InChI=1S/C9H20N2O3/c1-8(14-3)9(12)11(5-4-10)6-7-13-2/h8H,4-7,10H2,1-3H3. The molecule has 0 bridgehead atoms. The number of carbonyl (C=O) groups excluding carboxylic acids is 1. The van der Waals surface area contributed by atoms with Crippen LogP contribution in [0.25, 0.3) is 0 Å². The summed E-state index contributed by atoms with van der Waals surface area (Å²) in [6.45, 7) is 3.78. The van der Waals surface area contributed by atoms with Crippen LogP contribution in [0.3, 0.4) is 0 Å². The highest BCUT2D eigenvalue weighted by Crippen LogP contribution is 1.97. The molecule has 0 aliphatic heterocycles. The summed E-state index contributed by atoms with van der Waals surface area (Å²) in [5.41, 5.74) is 5.41. The highest BCUT2D eigenvalue weighted by molar-refractivity contribution is 5.80. The van der Waals surface area contributed by atoms with E-state index in [9.17, 15) is 4.79 Å². The average Bonchev–Trinajstić information content (AvgIpc) is 2.22. The predicted molar refractivity (Wildman–Crippen MR) is 54.0 cm³/mol. The van der Waals surface area contributed by atoms with Gasteiger partial charge in [0.15, 0.2) is 0 Å². The average molecular weight is 204 g/mol. The Morgan fingerprint density at radius 3 is 2.50 bits per heavy atom. The fourth-order valence-electron chi connectivity index (χ4n) is 1.05. The zero-order valence-corrected chi connectivity index (χ0v) is 9.16. The first-order valence-electron chi connectivity index (χ1n) is 4.68. The Hall–Kier alpha value is -0.650. The molecule has 0 fully saturated rings. The van der Waals surface area contributed by atoms with E-state index in [2.05, 4.69) is 0 Å². The van der Waals surface area contributed by atoms with Gasteiger partial charge in [-0.2, -0.15) is 0 Å². The molecule has 0 rings (SSSR count). The lowest BCUT2D eigenvalue weighted by molar-refractivity contribution is -0.141. The van der Waals surface area contributed by atoms with Gasteiger partial charge in [-0.25, -0.2) is 0 Å². The maximum Gasteiger partial charge on any atom is 0.251 e. The number of ether oxygens (including phenoxy) is 2. The fourth-order valence-corrected chi connectivity index (χ4v) is 1.05. The molecule has 0 spiro atoms. The summed E-state index contributed by atoms with van der Waals surface area (Å²) >= 11 is 0. The SMILES string of the molecule is COCCN(CCN)C(=O)C(C)OC. The van der Waals surface area contributed by atoms with Gasteiger partial charge in [0.25, 0.3) is 5.91 Å². The van der Waals surface area contributed by atoms with E-state index < -0.39 is 6.10 Å². The van der Waals surface area contributed by atoms with Crippen molar-refractivity contribution in [1.82, 2.24) is 4.90 Å². The Kier molecular flexibility index (Phi) is 7.37. The molecule has 84 valence electrons. The molecule has 0 heterocycles. The van der Waals surface area contributed by atoms with Gasteiger partial charge in [-0.15, -0.1) is 0 Å². The quantitative estimate of drug-likeness (QED) is 0.604. The molecule has 0 aliphatic rings. The maximum atomic E-state index is 11.7. The fraction of sp³-hybridized carbons (Fsp3) is 0.889. The summed E-state index contributed by atoms with van der Waals surface area (Å²) in [7, 11) is 3.12. The number of hydrogen-bond acceptors (Lipinski definition) is 4. The van der Waals surface area contributed by atoms with E-state index in [0.717, 1.165) is 0 Å². The third-order valence-corrected chi connectivity index (χ3v) is 1.98. The van der Waals surface area contributed by atoms with Gasteiger partial charge >= 0.3 is 0 Å². The van der Waals surface area contributed by atoms with E-state index in [4.69, 9.17) is 15.2 Å². The van der Waals surface area contributed by atoms with Gasteiger partial charge in [0.05, 0.1) is 6.61 Å². The Balaban J connectivity index is 4.10. The van der Waals surface area contributed by atoms with E-state index in [1.54, 1.807) is 18.9 Å². The van der Waals surface area contributed by atoms with Gasteiger partial charge in [0, 0.05) is 33.9 Å². The van der Waals surface area contributed by atoms with Gasteiger partial charge < -0.3 is 20.1 Å². The number of amides is 1. The molecule has 0 radical (unpaired) electrons. The van der Waals surface area contributed by atoms with Crippen LogP contribution in [-0.2, 0) is 14.3 Å². The summed E-state index contributed by atoms with van der Waals surface area (Å²) in [6, 6.07) is 0. The molecule has 0 aromatic heterocycles. The highest BCUT2D eigenvalue weighted by atomic mass is 16.5. The van der Waals surface area contributed by atoms with Gasteiger partial charge in [-0.05, 0) is 6.92 Å². The topological polar surface area (TPSA) is 64.8 Å². The summed E-state index contributed by atoms with van der Waals surface area (Å²) in [5, 5.41) is 0. The lowest BCUT2D eigenvalue weighted by Gasteiger charge is -2.24. The number of hydrogen-bond donors (Lipinski definition) is 1. The lowest BCUT2D eigenvalue weighted by Crippen LogP contribution is -2.43. The van der Waals surface area contributed by atoms with Crippen LogP contribution in [0.15, 0.2) is 0 Å². The number of rotatable bonds is 7. The van der Waals surface area contributed by atoms with Crippen LogP contribution in [-0.4, -0.2) is 57.4 Å². The van der Waals surface area contributed by atoms with Crippen LogP contribution in [0.5, 0.6) is 0 Å². The molecule has 1 unspecified atom stereocenters. The van der Waals surface area contributed by atoms with Crippen molar-refractivity contribution in [2.75, 3.05) is 40.5 Å². The minimum atomic E-state index is -0.418. The third kappa shape index (κ3) is 4.55. The van der Waals surface area contributed by atoms with Crippen molar-refractivity contribution in [3.63, 3.8) is 0 Å². The molecule has 5 heteroatoms. The Morgan fingerprint density at radius 1 is 1.43 bits per heavy atom. The van der Waals surface area contributed by atoms with Crippen LogP contribution >= 0.6 is 0 Å². The van der Waals surface area contributed by atoms with E-state index in [1.165, 1.54) is 7.11 Å². The number of nitrogens with zero attached hydrogens (tertiary/aromatic N) is 1. The van der Waals surface area contributed by atoms with E-state index >= 15 is 0 Å². The molecule has 2 N–H and O–H groups in total. The maximum absolute atomic E-state index is 11.7. The third-order valence-electron chi connectivity index (χ3n) is 1.98. The smallest absolute Gasteiger partial charge is 0.251 e. The molecule has 1 amide bonds. The molecular weight excluding hydrogens is 184 g/mol. The molecule has 5 nitrogen and oxygen atoms in total. The Labute approximate surface area is 85.1 Å². The first kappa shape index (κ1) is 13.4. The Morgan fingerprint density at radius 2 is 2.07 bits per heavy atom. The second kappa shape index (κ2) is 7.73. The second-order valence-electron chi connectivity index (χ2n) is 2.98. The van der Waals surface area contributed by atoms with Gasteiger partial charge in [-0.3, -0.25) is 4.79 Å². The monoisotopic (exact) mass is 204 g/mol. The number of nitrogens with two attached hydrogens (primary N) is 1. The van der Waals surface area contributed by atoms with E-state index in [0.29, 0.717) is 26.2 Å². The van der Waals surface area contributed by atoms with Crippen molar-refractivity contribution in [2.24, 2.45) is 5.73 Å². The van der Waals surface area contributed by atoms with Crippen LogP contribution in [0.4, 0.5) is 0 Å². The predicted octanol–water partition coefficient (Wildman–Crippen LogP) is -0.545. The van der Waals surface area contributed by atoms with Crippen LogP contribution in [0.1, 0.15) is 6.92 Å². The Bertz CT molecular complexity index is 164. The summed E-state index contributed by atoms with van der Waals surface area (Å²) in [6.07, 6.45) is -0.418. The molecule has 0 saturated carbocycles. The van der Waals surface area contributed by atoms with E-state index in [-0.39, 0.29) is 5.91 Å². The van der Waals surface area contributed by atoms with Crippen LogP contribution in [0.2, 0.25) is 0 Å².